The van der Waals surface area contributed by atoms with E-state index in [1.807, 2.05) is 31.6 Å². The smallest absolute Gasteiger partial charge is 0.191 e. The van der Waals surface area contributed by atoms with Crippen LogP contribution in [0.15, 0.2) is 23.2 Å². The molecule has 1 saturated heterocycles. The summed E-state index contributed by atoms with van der Waals surface area (Å²) in [5.41, 5.74) is 5.45. The summed E-state index contributed by atoms with van der Waals surface area (Å²) in [6.07, 6.45) is 2.18. The molecule has 1 unspecified atom stereocenters. The minimum Gasteiger partial charge on any atom is -0.369 e. The van der Waals surface area contributed by atoms with Crippen molar-refractivity contribution < 1.29 is 4.39 Å². The maximum absolute atomic E-state index is 13.5. The van der Waals surface area contributed by atoms with E-state index >= 15 is 0 Å². The van der Waals surface area contributed by atoms with Crippen LogP contribution in [0.3, 0.4) is 0 Å². The highest BCUT2D eigenvalue weighted by Crippen LogP contribution is 2.24. The molecule has 0 amide bonds. The molecule has 1 aromatic carbocycles. The van der Waals surface area contributed by atoms with Crippen molar-refractivity contribution in [2.75, 3.05) is 24.5 Å². The number of hydrogen-bond donors (Lipinski definition) is 2. The van der Waals surface area contributed by atoms with Gasteiger partial charge in [0.2, 0.25) is 0 Å². The molecule has 0 aliphatic carbocycles. The number of rotatable bonds is 5. The SMILES string of the molecule is CCNC(=NCc1c(C)nn(C)c1C)NC1CCCN(c2ccc(F)cc2C)C1.I. The molecule has 0 radical (unpaired) electrons. The molecular weight excluding hydrogens is 494 g/mol. The molecule has 2 aromatic rings. The molecule has 0 spiro atoms. The largest absolute Gasteiger partial charge is 0.369 e. The molecule has 166 valence electrons. The Bertz CT molecular complexity index is 879. The van der Waals surface area contributed by atoms with E-state index in [9.17, 15) is 4.39 Å². The van der Waals surface area contributed by atoms with Crippen LogP contribution >= 0.6 is 24.0 Å². The van der Waals surface area contributed by atoms with E-state index in [-0.39, 0.29) is 29.8 Å². The van der Waals surface area contributed by atoms with E-state index in [2.05, 4.69) is 34.5 Å². The monoisotopic (exact) mass is 528 g/mol. The Kier molecular flexibility index (Phi) is 8.93. The number of nitrogens with one attached hydrogen (secondary N) is 2. The number of piperidine rings is 1. The number of aryl methyl sites for hydroxylation is 3. The summed E-state index contributed by atoms with van der Waals surface area (Å²) in [6, 6.07) is 5.34. The Morgan fingerprint density at radius 2 is 2.07 bits per heavy atom. The molecule has 30 heavy (non-hydrogen) atoms. The molecule has 1 fully saturated rings. The van der Waals surface area contributed by atoms with Gasteiger partial charge in [0.25, 0.3) is 0 Å². The minimum atomic E-state index is -0.180. The van der Waals surface area contributed by atoms with Crippen molar-refractivity contribution in [2.24, 2.45) is 12.0 Å². The van der Waals surface area contributed by atoms with E-state index < -0.39 is 0 Å². The molecule has 1 aliphatic rings. The van der Waals surface area contributed by atoms with E-state index in [0.29, 0.717) is 12.6 Å². The van der Waals surface area contributed by atoms with Gasteiger partial charge in [-0.05, 0) is 64.3 Å². The van der Waals surface area contributed by atoms with Gasteiger partial charge < -0.3 is 15.5 Å². The predicted octanol–water partition coefficient (Wildman–Crippen LogP) is 3.83. The van der Waals surface area contributed by atoms with Gasteiger partial charge in [0.15, 0.2) is 5.96 Å². The first-order valence-electron chi connectivity index (χ1n) is 10.4. The van der Waals surface area contributed by atoms with Crippen LogP contribution < -0.4 is 15.5 Å². The van der Waals surface area contributed by atoms with Gasteiger partial charge in [0.05, 0.1) is 12.2 Å². The lowest BCUT2D eigenvalue weighted by atomic mass is 10.0. The highest BCUT2D eigenvalue weighted by atomic mass is 127. The first-order valence-corrected chi connectivity index (χ1v) is 10.4. The summed E-state index contributed by atoms with van der Waals surface area (Å²) in [7, 11) is 1.97. The van der Waals surface area contributed by atoms with Crippen molar-refractivity contribution in [1.82, 2.24) is 20.4 Å². The van der Waals surface area contributed by atoms with Crippen LogP contribution in [-0.2, 0) is 13.6 Å². The topological polar surface area (TPSA) is 57.5 Å². The van der Waals surface area contributed by atoms with Crippen LogP contribution in [0.25, 0.3) is 0 Å². The number of nitrogens with zero attached hydrogens (tertiary/aromatic N) is 4. The maximum Gasteiger partial charge on any atom is 0.191 e. The number of anilines is 1. The number of hydrogen-bond acceptors (Lipinski definition) is 3. The number of halogens is 2. The zero-order valence-electron chi connectivity index (χ0n) is 18.6. The van der Waals surface area contributed by atoms with Gasteiger partial charge in [-0.15, -0.1) is 24.0 Å². The number of aromatic nitrogens is 2. The van der Waals surface area contributed by atoms with Gasteiger partial charge in [0.1, 0.15) is 5.82 Å². The zero-order chi connectivity index (χ0) is 21.0. The van der Waals surface area contributed by atoms with Crippen molar-refractivity contribution in [3.8, 4) is 0 Å². The number of aliphatic imine (C=N–C) groups is 1. The normalized spacial score (nSPS) is 16.9. The lowest BCUT2D eigenvalue weighted by Gasteiger charge is -2.36. The van der Waals surface area contributed by atoms with Gasteiger partial charge >= 0.3 is 0 Å². The van der Waals surface area contributed by atoms with Crippen LogP contribution in [-0.4, -0.2) is 41.4 Å². The summed E-state index contributed by atoms with van der Waals surface area (Å²) in [6.45, 7) is 11.4. The van der Waals surface area contributed by atoms with Crippen LogP contribution in [0.4, 0.5) is 10.1 Å². The van der Waals surface area contributed by atoms with Crippen LogP contribution in [0.5, 0.6) is 0 Å². The maximum atomic E-state index is 13.5. The lowest BCUT2D eigenvalue weighted by Crippen LogP contribution is -2.51. The fraction of sp³-hybridized carbons (Fsp3) is 0.545. The molecular formula is C22H34FIN6. The number of benzene rings is 1. The van der Waals surface area contributed by atoms with Crippen molar-refractivity contribution in [2.45, 2.75) is 53.1 Å². The summed E-state index contributed by atoms with van der Waals surface area (Å²) in [5, 5.41) is 11.4. The first-order chi connectivity index (χ1) is 13.9. The fourth-order valence-electron chi connectivity index (χ4n) is 4.01. The van der Waals surface area contributed by atoms with Crippen molar-refractivity contribution >= 4 is 35.6 Å². The van der Waals surface area contributed by atoms with E-state index in [4.69, 9.17) is 4.99 Å². The second kappa shape index (κ2) is 11.0. The summed E-state index contributed by atoms with van der Waals surface area (Å²) < 4.78 is 15.4. The molecule has 1 atom stereocenters. The second-order valence-corrected chi connectivity index (χ2v) is 7.83. The molecule has 6 nitrogen and oxygen atoms in total. The molecule has 1 aliphatic heterocycles. The number of guanidine groups is 1. The third-order valence-electron chi connectivity index (χ3n) is 5.66. The average molecular weight is 528 g/mol. The summed E-state index contributed by atoms with van der Waals surface area (Å²) in [5.74, 6) is 0.651. The summed E-state index contributed by atoms with van der Waals surface area (Å²) >= 11 is 0. The molecule has 2 N–H and O–H groups in total. The van der Waals surface area contributed by atoms with E-state index in [0.717, 1.165) is 61.1 Å². The highest BCUT2D eigenvalue weighted by Gasteiger charge is 2.22. The average Bonchev–Trinajstić information content (AvgIpc) is 2.92. The molecule has 0 saturated carbocycles. The van der Waals surface area contributed by atoms with E-state index in [1.54, 1.807) is 12.1 Å². The minimum absolute atomic E-state index is 0. The summed E-state index contributed by atoms with van der Waals surface area (Å²) in [4.78, 5) is 7.15. The quantitative estimate of drug-likeness (QED) is 0.352. The molecule has 2 heterocycles. The molecule has 1 aromatic heterocycles. The molecule has 8 heteroatoms. The van der Waals surface area contributed by atoms with Gasteiger partial charge in [-0.2, -0.15) is 5.10 Å². The van der Waals surface area contributed by atoms with Crippen LogP contribution in [0.1, 0.15) is 42.3 Å². The molecule has 0 bridgehead atoms. The van der Waals surface area contributed by atoms with Gasteiger partial charge in [-0.3, -0.25) is 4.68 Å². The Hall–Kier alpha value is -1.84. The van der Waals surface area contributed by atoms with E-state index in [1.165, 1.54) is 5.56 Å². The first kappa shape index (κ1) is 24.4. The Labute approximate surface area is 196 Å². The third-order valence-corrected chi connectivity index (χ3v) is 5.66. The highest BCUT2D eigenvalue weighted by molar-refractivity contribution is 14.0. The van der Waals surface area contributed by atoms with Crippen molar-refractivity contribution in [1.29, 1.82) is 0 Å². The van der Waals surface area contributed by atoms with Crippen molar-refractivity contribution in [3.05, 3.63) is 46.5 Å². The standard InChI is InChI=1S/C22H33FN6.HI/c1-6-24-22(25-13-20-16(3)27-28(5)17(20)4)26-19-8-7-11-29(14-19)21-10-9-18(23)12-15(21)2;/h9-10,12,19H,6-8,11,13-14H2,1-5H3,(H2,24,25,26);1H. The van der Waals surface area contributed by atoms with Gasteiger partial charge in [-0.1, -0.05) is 0 Å². The Balaban J connectivity index is 0.00000320. The zero-order valence-corrected chi connectivity index (χ0v) is 21.0. The Morgan fingerprint density at radius 3 is 2.70 bits per heavy atom. The van der Waals surface area contributed by atoms with Crippen LogP contribution in [0.2, 0.25) is 0 Å². The third kappa shape index (κ3) is 5.86. The van der Waals surface area contributed by atoms with Crippen LogP contribution in [0, 0.1) is 26.6 Å². The second-order valence-electron chi connectivity index (χ2n) is 7.83. The predicted molar refractivity (Wildman–Crippen MR) is 132 cm³/mol. The molecule has 3 rings (SSSR count). The Morgan fingerprint density at radius 1 is 1.30 bits per heavy atom. The lowest BCUT2D eigenvalue weighted by molar-refractivity contribution is 0.467. The van der Waals surface area contributed by atoms with Gasteiger partial charge in [0, 0.05) is 49.7 Å². The fourth-order valence-corrected chi connectivity index (χ4v) is 4.01. The van der Waals surface area contributed by atoms with Crippen molar-refractivity contribution in [3.63, 3.8) is 0 Å². The van der Waals surface area contributed by atoms with Gasteiger partial charge in [-0.25, -0.2) is 9.38 Å².